The predicted octanol–water partition coefficient (Wildman–Crippen LogP) is 3.02. The van der Waals surface area contributed by atoms with Crippen molar-refractivity contribution in [3.05, 3.63) is 53.2 Å². The summed E-state index contributed by atoms with van der Waals surface area (Å²) in [6, 6.07) is 10.5. The van der Waals surface area contributed by atoms with Crippen LogP contribution >= 0.6 is 0 Å². The van der Waals surface area contributed by atoms with Gasteiger partial charge in [-0.3, -0.25) is 0 Å². The zero-order valence-electron chi connectivity index (χ0n) is 14.9. The molecule has 1 aromatic heterocycles. The maximum Gasteiger partial charge on any atom is 0.248 e. The van der Waals surface area contributed by atoms with Crippen molar-refractivity contribution in [3.8, 4) is 0 Å². The fraction of sp³-hybridized carbons (Fsp3) is 0.421. The number of piperidine rings is 1. The highest BCUT2D eigenvalue weighted by molar-refractivity contribution is 5.80. The van der Waals surface area contributed by atoms with Crippen LogP contribution in [0.25, 0.3) is 6.08 Å². The van der Waals surface area contributed by atoms with E-state index in [1.54, 1.807) is 0 Å². The minimum atomic E-state index is 0.409. The van der Waals surface area contributed by atoms with Crippen LogP contribution in [0, 0.1) is 6.92 Å². The average Bonchev–Trinajstić information content (AvgIpc) is 3.06. The molecule has 0 aliphatic carbocycles. The molecule has 2 heterocycles. The zero-order chi connectivity index (χ0) is 17.5. The van der Waals surface area contributed by atoms with Gasteiger partial charge < -0.3 is 14.7 Å². The Hall–Kier alpha value is -2.63. The van der Waals surface area contributed by atoms with Gasteiger partial charge >= 0.3 is 0 Å². The fourth-order valence-electron chi connectivity index (χ4n) is 2.91. The van der Waals surface area contributed by atoms with Crippen molar-refractivity contribution in [2.24, 2.45) is 4.99 Å². The zero-order valence-corrected chi connectivity index (χ0v) is 14.9. The number of aromatic nitrogens is 2. The Morgan fingerprint density at radius 3 is 2.68 bits per heavy atom. The number of aryl methyl sites for hydroxylation is 1. The molecule has 1 N–H and O–H groups in total. The number of benzene rings is 1. The van der Waals surface area contributed by atoms with E-state index in [9.17, 15) is 0 Å². The molecule has 0 spiro atoms. The van der Waals surface area contributed by atoms with Gasteiger partial charge in [0.25, 0.3) is 0 Å². The van der Waals surface area contributed by atoms with Crippen molar-refractivity contribution in [3.63, 3.8) is 0 Å². The Labute approximate surface area is 148 Å². The summed E-state index contributed by atoms with van der Waals surface area (Å²) in [7, 11) is 0. The third-order valence-corrected chi connectivity index (χ3v) is 4.14. The number of nitrogens with zero attached hydrogens (tertiary/aromatic N) is 4. The molecule has 0 unspecified atom stereocenters. The Bertz CT molecular complexity index is 725. The summed E-state index contributed by atoms with van der Waals surface area (Å²) < 4.78 is 5.14. The van der Waals surface area contributed by atoms with Gasteiger partial charge in [0, 0.05) is 19.6 Å². The average molecular weight is 339 g/mol. The van der Waals surface area contributed by atoms with Gasteiger partial charge in [-0.25, -0.2) is 4.99 Å². The van der Waals surface area contributed by atoms with Crippen LogP contribution in [0.2, 0.25) is 0 Å². The molecule has 6 heteroatoms. The Morgan fingerprint density at radius 1 is 1.28 bits per heavy atom. The minimum absolute atomic E-state index is 0.409. The van der Waals surface area contributed by atoms with E-state index in [-0.39, 0.29) is 0 Å². The van der Waals surface area contributed by atoms with Gasteiger partial charge in [-0.05, 0) is 32.3 Å². The quantitative estimate of drug-likeness (QED) is 0.685. The van der Waals surface area contributed by atoms with Crippen LogP contribution in [0.1, 0.15) is 37.0 Å². The lowest BCUT2D eigenvalue weighted by molar-refractivity contribution is 0.364. The van der Waals surface area contributed by atoms with E-state index >= 15 is 0 Å². The van der Waals surface area contributed by atoms with Crippen molar-refractivity contribution in [2.75, 3.05) is 19.6 Å². The number of hydrogen-bond donors (Lipinski definition) is 1. The summed E-state index contributed by atoms with van der Waals surface area (Å²) in [6.45, 7) is 7.07. The van der Waals surface area contributed by atoms with E-state index in [0.717, 1.165) is 38.4 Å². The first-order valence-corrected chi connectivity index (χ1v) is 8.81. The normalized spacial score (nSPS) is 15.4. The third kappa shape index (κ3) is 4.92. The van der Waals surface area contributed by atoms with Crippen molar-refractivity contribution in [2.45, 2.75) is 33.2 Å². The van der Waals surface area contributed by atoms with E-state index in [2.05, 4.69) is 68.7 Å². The molecule has 1 aliphatic heterocycles. The second kappa shape index (κ2) is 8.46. The van der Waals surface area contributed by atoms with Gasteiger partial charge in [-0.15, -0.1) is 0 Å². The molecule has 0 bridgehead atoms. The SMILES string of the molecule is CCNC(=NCc1nc(C)no1)N1CCC(=Cc2ccccc2)CC1. The molecular weight excluding hydrogens is 314 g/mol. The highest BCUT2D eigenvalue weighted by Gasteiger charge is 2.17. The van der Waals surface area contributed by atoms with Gasteiger partial charge in [0.15, 0.2) is 11.8 Å². The van der Waals surface area contributed by atoms with Crippen LogP contribution in [0.4, 0.5) is 0 Å². The summed E-state index contributed by atoms with van der Waals surface area (Å²) in [5.74, 6) is 2.11. The van der Waals surface area contributed by atoms with Crippen molar-refractivity contribution < 1.29 is 4.52 Å². The minimum Gasteiger partial charge on any atom is -0.357 e. The van der Waals surface area contributed by atoms with Crippen molar-refractivity contribution in [1.82, 2.24) is 20.4 Å². The summed E-state index contributed by atoms with van der Waals surface area (Å²) in [5, 5.41) is 7.17. The molecule has 25 heavy (non-hydrogen) atoms. The maximum absolute atomic E-state index is 5.14. The monoisotopic (exact) mass is 339 g/mol. The van der Waals surface area contributed by atoms with Gasteiger partial charge in [0.05, 0.1) is 0 Å². The molecule has 0 amide bonds. The largest absolute Gasteiger partial charge is 0.357 e. The first-order chi connectivity index (χ1) is 12.2. The molecule has 0 saturated carbocycles. The molecule has 3 rings (SSSR count). The lowest BCUT2D eigenvalue weighted by atomic mass is 10.0. The molecule has 132 valence electrons. The van der Waals surface area contributed by atoms with Crippen LogP contribution in [0.5, 0.6) is 0 Å². The number of hydrogen-bond acceptors (Lipinski definition) is 4. The highest BCUT2D eigenvalue weighted by Crippen LogP contribution is 2.19. The Kier molecular flexibility index (Phi) is 5.82. The summed E-state index contributed by atoms with van der Waals surface area (Å²) in [6.07, 6.45) is 4.42. The lowest BCUT2D eigenvalue weighted by Crippen LogP contribution is -2.44. The molecule has 0 radical (unpaired) electrons. The second-order valence-corrected chi connectivity index (χ2v) is 6.11. The first kappa shape index (κ1) is 17.2. The predicted molar refractivity (Wildman–Crippen MR) is 99.1 cm³/mol. The molecule has 0 atom stereocenters. The highest BCUT2D eigenvalue weighted by atomic mass is 16.5. The molecule has 6 nitrogen and oxygen atoms in total. The van der Waals surface area contributed by atoms with Crippen molar-refractivity contribution >= 4 is 12.0 Å². The molecule has 1 fully saturated rings. The number of likely N-dealkylation sites (tertiary alicyclic amines) is 1. The molecule has 2 aromatic rings. The number of aliphatic imine (C=N–C) groups is 1. The summed E-state index contributed by atoms with van der Waals surface area (Å²) >= 11 is 0. The van der Waals surface area contributed by atoms with E-state index in [4.69, 9.17) is 4.52 Å². The van der Waals surface area contributed by atoms with Crippen molar-refractivity contribution in [1.29, 1.82) is 0 Å². The first-order valence-electron chi connectivity index (χ1n) is 8.81. The third-order valence-electron chi connectivity index (χ3n) is 4.14. The van der Waals surface area contributed by atoms with Gasteiger partial charge in [0.2, 0.25) is 5.89 Å². The number of rotatable bonds is 4. The van der Waals surface area contributed by atoms with Crippen LogP contribution in [-0.2, 0) is 6.54 Å². The summed E-state index contributed by atoms with van der Waals surface area (Å²) in [5.41, 5.74) is 2.77. The second-order valence-electron chi connectivity index (χ2n) is 6.11. The van der Waals surface area contributed by atoms with E-state index in [0.29, 0.717) is 18.3 Å². The molecule has 1 aromatic carbocycles. The topological polar surface area (TPSA) is 66.5 Å². The standard InChI is InChI=1S/C19H25N5O/c1-3-20-19(21-14-18-22-15(2)23-25-18)24-11-9-17(10-12-24)13-16-7-5-4-6-8-16/h4-8,13H,3,9-12,14H2,1-2H3,(H,20,21). The molecule has 1 aliphatic rings. The maximum atomic E-state index is 5.14. The number of guanidine groups is 1. The van der Waals surface area contributed by atoms with E-state index < -0.39 is 0 Å². The van der Waals surface area contributed by atoms with Gasteiger partial charge in [0.1, 0.15) is 6.54 Å². The lowest BCUT2D eigenvalue weighted by Gasteiger charge is -2.31. The molecular formula is C19H25N5O. The van der Waals surface area contributed by atoms with Gasteiger partial charge in [-0.2, -0.15) is 4.98 Å². The van der Waals surface area contributed by atoms with Crippen LogP contribution in [-0.4, -0.2) is 40.6 Å². The Balaban J connectivity index is 1.61. The van der Waals surface area contributed by atoms with E-state index in [1.165, 1.54) is 11.1 Å². The van der Waals surface area contributed by atoms with Crippen LogP contribution < -0.4 is 5.32 Å². The molecule has 1 saturated heterocycles. The smallest absolute Gasteiger partial charge is 0.248 e. The van der Waals surface area contributed by atoms with Crippen LogP contribution in [0.15, 0.2) is 45.4 Å². The number of nitrogens with one attached hydrogen (secondary N) is 1. The fourth-order valence-corrected chi connectivity index (χ4v) is 2.91. The Morgan fingerprint density at radius 2 is 2.04 bits per heavy atom. The summed E-state index contributed by atoms with van der Waals surface area (Å²) in [4.78, 5) is 11.2. The van der Waals surface area contributed by atoms with Gasteiger partial charge in [-0.1, -0.05) is 47.1 Å². The van der Waals surface area contributed by atoms with Crippen LogP contribution in [0.3, 0.4) is 0 Å². The van der Waals surface area contributed by atoms with E-state index in [1.807, 2.05) is 6.92 Å².